The molecule has 0 fully saturated rings. The number of carbonyl (C=O) groups excluding carboxylic acids is 1. The van der Waals surface area contributed by atoms with Gasteiger partial charge in [-0.25, -0.2) is 9.78 Å². The number of anilines is 1. The molecule has 7 aromatic rings. The summed E-state index contributed by atoms with van der Waals surface area (Å²) in [6.45, 7) is 18.1. The molecule has 4 aromatic carbocycles. The highest BCUT2D eigenvalue weighted by Crippen LogP contribution is 2.44. The number of benzene rings is 4. The zero-order valence-corrected chi connectivity index (χ0v) is 40.7. The molecular formula is C60H57N5O5. The number of fused-ring (bicyclic) bond motifs is 8. The minimum absolute atomic E-state index is 0.0304. The van der Waals surface area contributed by atoms with Gasteiger partial charge in [-0.3, -0.25) is 14.6 Å². The maximum atomic E-state index is 14.5. The average molecular weight is 928 g/mol. The minimum atomic E-state index is -1.20. The lowest BCUT2D eigenvalue weighted by atomic mass is 9.85. The Morgan fingerprint density at radius 1 is 0.700 bits per heavy atom. The third-order valence-corrected chi connectivity index (χ3v) is 14.2. The van der Waals surface area contributed by atoms with Gasteiger partial charge in [0.2, 0.25) is 5.91 Å². The van der Waals surface area contributed by atoms with Crippen molar-refractivity contribution in [1.29, 1.82) is 0 Å². The third kappa shape index (κ3) is 9.00. The van der Waals surface area contributed by atoms with Gasteiger partial charge >= 0.3 is 11.9 Å². The maximum absolute atomic E-state index is 14.5. The Labute approximate surface area is 407 Å². The van der Waals surface area contributed by atoms with Crippen molar-refractivity contribution >= 4 is 62.8 Å². The zero-order chi connectivity index (χ0) is 49.5. The molecule has 10 nitrogen and oxygen atoms in total. The highest BCUT2D eigenvalue weighted by molar-refractivity contribution is 6.03. The van der Waals surface area contributed by atoms with E-state index in [1.165, 1.54) is 5.56 Å². The predicted molar refractivity (Wildman–Crippen MR) is 283 cm³/mol. The van der Waals surface area contributed by atoms with Crippen molar-refractivity contribution in [2.24, 2.45) is 0 Å². The van der Waals surface area contributed by atoms with Gasteiger partial charge in [-0.1, -0.05) is 123 Å². The molecule has 8 bridgehead atoms. The molecule has 0 radical (unpaired) electrons. The lowest BCUT2D eigenvalue weighted by molar-refractivity contribution is -0.136. The number of amides is 1. The molecule has 1 amide bonds. The number of aromatic nitrogens is 4. The van der Waals surface area contributed by atoms with Crippen LogP contribution in [0.4, 0.5) is 5.69 Å². The summed E-state index contributed by atoms with van der Waals surface area (Å²) in [7, 11) is 0. The standard InChI is InChI=1S/C60H57N5O5/c1-9-43-34(5)48-29-50-36(7)45(58(64-50)47(28-56(67)68)59-57(60(69)70)37(8)51(65-59)31-54-44(10-2)35(6)49(62-54)30-53(43)61-48)25-26-55(66)63-52-27-42(40-17-13-33(4)14-18-40)23-24-46(52)41-21-19-39(20-22-41)38-15-11-32(3)12-16-38/h9,11-24,27,29-31,36,45,61,65H,1,10,25-26,28H2,2-8H3,(H,63,66)(H,67,68)(H,69,70)/t36-,45-/m0/s1. The molecule has 70 heavy (non-hydrogen) atoms. The molecule has 0 saturated heterocycles. The van der Waals surface area contributed by atoms with Crippen molar-refractivity contribution < 1.29 is 24.6 Å². The topological polar surface area (TPSA) is 161 Å². The Hall–Kier alpha value is -8.11. The quantitative estimate of drug-likeness (QED) is 0.0815. The number of H-pyrrole nitrogens is 2. The lowest BCUT2D eigenvalue weighted by Crippen LogP contribution is -2.15. The van der Waals surface area contributed by atoms with Crippen LogP contribution in [0.25, 0.3) is 72.7 Å². The van der Waals surface area contributed by atoms with E-state index in [-0.39, 0.29) is 34.9 Å². The number of aromatic amines is 2. The second kappa shape index (κ2) is 19.1. The number of nitrogens with zero attached hydrogens (tertiary/aromatic N) is 2. The van der Waals surface area contributed by atoms with E-state index >= 15 is 0 Å². The fourth-order valence-electron chi connectivity index (χ4n) is 10.2. The smallest absolute Gasteiger partial charge is 0.338 e. The Kier molecular flexibility index (Phi) is 12.8. The van der Waals surface area contributed by atoms with Gasteiger partial charge in [-0.05, 0) is 122 Å². The fraction of sp³-hybridized carbons (Fsp3) is 0.217. The van der Waals surface area contributed by atoms with E-state index in [0.29, 0.717) is 46.7 Å². The molecule has 2 atom stereocenters. The van der Waals surface area contributed by atoms with Crippen molar-refractivity contribution in [2.45, 2.75) is 86.0 Å². The molecule has 3 aromatic heterocycles. The molecule has 10 heteroatoms. The normalized spacial score (nSPS) is 14.4. The van der Waals surface area contributed by atoms with Crippen LogP contribution in [-0.2, 0) is 16.0 Å². The van der Waals surface area contributed by atoms with Gasteiger partial charge in [-0.15, -0.1) is 0 Å². The van der Waals surface area contributed by atoms with Crippen molar-refractivity contribution in [3.05, 3.63) is 177 Å². The van der Waals surface area contributed by atoms with Gasteiger partial charge in [0.1, 0.15) is 0 Å². The number of aryl methyl sites for hydroxylation is 4. The van der Waals surface area contributed by atoms with Crippen LogP contribution in [0.1, 0.15) is 118 Å². The first-order chi connectivity index (χ1) is 33.6. The van der Waals surface area contributed by atoms with Crippen LogP contribution in [-0.4, -0.2) is 48.0 Å². The summed E-state index contributed by atoms with van der Waals surface area (Å²) in [5.41, 5.74) is 18.5. The predicted octanol–water partition coefficient (Wildman–Crippen LogP) is 14.2. The van der Waals surface area contributed by atoms with Crippen LogP contribution in [0.2, 0.25) is 0 Å². The molecule has 0 unspecified atom stereocenters. The van der Waals surface area contributed by atoms with Crippen LogP contribution < -0.4 is 5.32 Å². The Balaban J connectivity index is 1.16. The Bertz CT molecular complexity index is 3470. The van der Waals surface area contributed by atoms with E-state index in [4.69, 9.17) is 9.97 Å². The summed E-state index contributed by atoms with van der Waals surface area (Å²) < 4.78 is 0. The largest absolute Gasteiger partial charge is 0.481 e. The fourth-order valence-corrected chi connectivity index (χ4v) is 10.2. The number of aromatic carboxylic acids is 1. The number of hydrogen-bond donors (Lipinski definition) is 5. The minimum Gasteiger partial charge on any atom is -0.481 e. The number of carboxylic acids is 2. The van der Waals surface area contributed by atoms with Gasteiger partial charge < -0.3 is 25.5 Å². The molecule has 2 aliphatic rings. The van der Waals surface area contributed by atoms with E-state index in [9.17, 15) is 24.6 Å². The lowest BCUT2D eigenvalue weighted by Gasteiger charge is -2.19. The van der Waals surface area contributed by atoms with E-state index in [1.807, 2.05) is 57.2 Å². The first-order valence-electron chi connectivity index (χ1n) is 23.9. The number of carbonyl (C=O) groups is 3. The molecule has 9 rings (SSSR count). The van der Waals surface area contributed by atoms with Crippen LogP contribution in [0.5, 0.6) is 0 Å². The second-order valence-electron chi connectivity index (χ2n) is 18.7. The van der Waals surface area contributed by atoms with E-state index in [2.05, 4.69) is 121 Å². The monoisotopic (exact) mass is 927 g/mol. The molecular weight excluding hydrogens is 871 g/mol. The van der Waals surface area contributed by atoms with Crippen LogP contribution >= 0.6 is 0 Å². The van der Waals surface area contributed by atoms with Crippen molar-refractivity contribution in [1.82, 2.24) is 19.9 Å². The molecule has 5 N–H and O–H groups in total. The Morgan fingerprint density at radius 3 is 1.90 bits per heavy atom. The summed E-state index contributed by atoms with van der Waals surface area (Å²) in [5.74, 6) is -3.31. The summed E-state index contributed by atoms with van der Waals surface area (Å²) in [4.78, 5) is 57.8. The van der Waals surface area contributed by atoms with Gasteiger partial charge in [0.25, 0.3) is 0 Å². The number of hydrogen-bond acceptors (Lipinski definition) is 5. The SMILES string of the molecule is C=Cc1c(C)c2cc3nc(c(CC(=O)O)c4[nH]c(cc5nc(cc1[nH]2)C(C)=C5CC)c(C)c4C(=O)O)[C@@H](CCC(=O)Nc1cc(-c2ccc(C)cc2)ccc1-c1ccc(-c2ccc(C)cc2)cc1)[C@@H]3C. The molecule has 2 aliphatic heterocycles. The van der Waals surface area contributed by atoms with Crippen LogP contribution in [0.15, 0.2) is 116 Å². The highest BCUT2D eigenvalue weighted by atomic mass is 16.4. The number of carboxylic acid groups (broad SMARTS) is 2. The first kappa shape index (κ1) is 47.0. The first-order valence-corrected chi connectivity index (χ1v) is 23.9. The third-order valence-electron chi connectivity index (χ3n) is 14.2. The number of rotatable bonds is 12. The van der Waals surface area contributed by atoms with E-state index < -0.39 is 24.3 Å². The average Bonchev–Trinajstić information content (AvgIpc) is 4.03. The summed E-state index contributed by atoms with van der Waals surface area (Å²) >= 11 is 0. The van der Waals surface area contributed by atoms with E-state index in [0.717, 1.165) is 77.9 Å². The van der Waals surface area contributed by atoms with Gasteiger partial charge in [0, 0.05) is 62.9 Å². The second-order valence-corrected chi connectivity index (χ2v) is 18.7. The van der Waals surface area contributed by atoms with Crippen LogP contribution in [0, 0.1) is 27.7 Å². The van der Waals surface area contributed by atoms with E-state index in [1.54, 1.807) is 6.92 Å². The van der Waals surface area contributed by atoms with Crippen molar-refractivity contribution in [3.8, 4) is 33.4 Å². The van der Waals surface area contributed by atoms with Crippen molar-refractivity contribution in [3.63, 3.8) is 0 Å². The zero-order valence-electron chi connectivity index (χ0n) is 40.7. The summed E-state index contributed by atoms with van der Waals surface area (Å²) in [5, 5.41) is 24.6. The maximum Gasteiger partial charge on any atom is 0.338 e. The summed E-state index contributed by atoms with van der Waals surface area (Å²) in [6, 6.07) is 37.0. The highest BCUT2D eigenvalue weighted by Gasteiger charge is 2.34. The Morgan fingerprint density at radius 2 is 1.29 bits per heavy atom. The molecule has 352 valence electrons. The van der Waals surface area contributed by atoms with Crippen molar-refractivity contribution in [2.75, 3.05) is 5.32 Å². The molecule has 0 aliphatic carbocycles. The van der Waals surface area contributed by atoms with Gasteiger partial charge in [0.15, 0.2) is 0 Å². The molecule has 0 saturated carbocycles. The number of allylic oxidation sites excluding steroid dienone is 2. The number of nitrogens with one attached hydrogen (secondary N) is 3. The summed E-state index contributed by atoms with van der Waals surface area (Å²) in [6.07, 6.45) is 2.38. The molecule has 5 heterocycles. The molecule has 0 spiro atoms. The van der Waals surface area contributed by atoms with Crippen LogP contribution in [0.3, 0.4) is 0 Å². The number of aliphatic carboxylic acids is 1. The van der Waals surface area contributed by atoms with Gasteiger partial charge in [0.05, 0.1) is 34.6 Å². The van der Waals surface area contributed by atoms with Gasteiger partial charge in [-0.2, -0.15) is 0 Å².